The second kappa shape index (κ2) is 3.93. The number of carbonyl (C=O) groups excluding carboxylic acids is 1. The lowest BCUT2D eigenvalue weighted by molar-refractivity contribution is 0.0517. The SMILES string of the molecule is N#CCOC(=O)c1ccc(Br)o1. The van der Waals surface area contributed by atoms with E-state index in [0.29, 0.717) is 4.67 Å². The highest BCUT2D eigenvalue weighted by atomic mass is 79.9. The fourth-order valence-corrected chi connectivity index (χ4v) is 0.900. The van der Waals surface area contributed by atoms with E-state index in [1.165, 1.54) is 6.07 Å². The van der Waals surface area contributed by atoms with Crippen molar-refractivity contribution in [3.8, 4) is 6.07 Å². The molecular weight excluding hydrogens is 226 g/mol. The first kappa shape index (κ1) is 8.81. The maximum atomic E-state index is 10.9. The van der Waals surface area contributed by atoms with Gasteiger partial charge in [0.25, 0.3) is 0 Å². The van der Waals surface area contributed by atoms with Gasteiger partial charge in [-0.25, -0.2) is 4.79 Å². The molecule has 1 aromatic rings. The summed E-state index contributed by atoms with van der Waals surface area (Å²) < 4.78 is 9.80. The molecule has 5 heteroatoms. The van der Waals surface area contributed by atoms with Crippen LogP contribution in [0, 0.1) is 11.3 Å². The number of hydrogen-bond donors (Lipinski definition) is 0. The van der Waals surface area contributed by atoms with Crippen LogP contribution in [0.5, 0.6) is 0 Å². The van der Waals surface area contributed by atoms with Crippen molar-refractivity contribution >= 4 is 21.9 Å². The van der Waals surface area contributed by atoms with Crippen molar-refractivity contribution < 1.29 is 13.9 Å². The van der Waals surface area contributed by atoms with E-state index in [0.717, 1.165) is 0 Å². The summed E-state index contributed by atoms with van der Waals surface area (Å²) in [5.74, 6) is -0.556. The number of furan rings is 1. The Morgan fingerprint density at radius 2 is 2.50 bits per heavy atom. The largest absolute Gasteiger partial charge is 0.444 e. The van der Waals surface area contributed by atoms with Crippen molar-refractivity contribution in [2.45, 2.75) is 0 Å². The van der Waals surface area contributed by atoms with Crippen LogP contribution in [-0.2, 0) is 4.74 Å². The van der Waals surface area contributed by atoms with E-state index in [1.807, 2.05) is 0 Å². The Labute approximate surface area is 76.9 Å². The molecule has 0 bridgehead atoms. The van der Waals surface area contributed by atoms with E-state index >= 15 is 0 Å². The van der Waals surface area contributed by atoms with Crippen LogP contribution in [0.4, 0.5) is 0 Å². The molecule has 12 heavy (non-hydrogen) atoms. The summed E-state index contributed by atoms with van der Waals surface area (Å²) in [6.45, 7) is -0.267. The molecule has 0 aromatic carbocycles. The quantitative estimate of drug-likeness (QED) is 0.725. The molecule has 1 aromatic heterocycles. The Morgan fingerprint density at radius 3 is 3.00 bits per heavy atom. The molecule has 62 valence electrons. The fraction of sp³-hybridized carbons (Fsp3) is 0.143. The molecular formula is C7H4BrNO3. The fourth-order valence-electron chi connectivity index (χ4n) is 0.593. The molecule has 0 radical (unpaired) electrons. The zero-order valence-corrected chi connectivity index (χ0v) is 7.50. The van der Waals surface area contributed by atoms with Crippen molar-refractivity contribution in [1.29, 1.82) is 5.26 Å². The highest BCUT2D eigenvalue weighted by molar-refractivity contribution is 9.10. The molecule has 1 rings (SSSR count). The Balaban J connectivity index is 2.61. The van der Waals surface area contributed by atoms with Crippen molar-refractivity contribution in [1.82, 2.24) is 0 Å². The number of esters is 1. The molecule has 0 saturated heterocycles. The minimum absolute atomic E-state index is 0.0807. The topological polar surface area (TPSA) is 63.2 Å². The van der Waals surface area contributed by atoms with Gasteiger partial charge in [-0.3, -0.25) is 0 Å². The average Bonchev–Trinajstić information content (AvgIpc) is 2.47. The van der Waals surface area contributed by atoms with Gasteiger partial charge < -0.3 is 9.15 Å². The van der Waals surface area contributed by atoms with E-state index in [4.69, 9.17) is 9.68 Å². The lowest BCUT2D eigenvalue weighted by Gasteiger charge is -1.93. The summed E-state index contributed by atoms with van der Waals surface area (Å²) >= 11 is 3.03. The van der Waals surface area contributed by atoms with Gasteiger partial charge in [0.15, 0.2) is 11.3 Å². The van der Waals surface area contributed by atoms with Crippen molar-refractivity contribution in [3.63, 3.8) is 0 Å². The van der Waals surface area contributed by atoms with Crippen molar-refractivity contribution in [2.75, 3.05) is 6.61 Å². The summed E-state index contributed by atoms with van der Waals surface area (Å²) in [6, 6.07) is 4.71. The van der Waals surface area contributed by atoms with E-state index < -0.39 is 5.97 Å². The summed E-state index contributed by atoms with van der Waals surface area (Å²) in [5.41, 5.74) is 0. The molecule has 0 saturated carbocycles. The molecule has 0 N–H and O–H groups in total. The van der Waals surface area contributed by atoms with Gasteiger partial charge >= 0.3 is 5.97 Å². The van der Waals surface area contributed by atoms with Crippen LogP contribution in [0.1, 0.15) is 10.6 Å². The summed E-state index contributed by atoms with van der Waals surface area (Å²) in [4.78, 5) is 10.9. The smallest absolute Gasteiger partial charge is 0.375 e. The van der Waals surface area contributed by atoms with Crippen LogP contribution in [0.3, 0.4) is 0 Å². The number of halogens is 1. The third-order valence-corrected chi connectivity index (χ3v) is 1.47. The standard InChI is InChI=1S/C7H4BrNO3/c8-6-2-1-5(12-6)7(10)11-4-3-9/h1-2H,4H2. The second-order valence-electron chi connectivity index (χ2n) is 1.84. The number of rotatable bonds is 2. The molecule has 0 aliphatic rings. The third-order valence-electron chi connectivity index (χ3n) is 1.04. The van der Waals surface area contributed by atoms with Crippen molar-refractivity contribution in [3.05, 3.63) is 22.6 Å². The molecule has 0 spiro atoms. The zero-order valence-electron chi connectivity index (χ0n) is 5.91. The zero-order chi connectivity index (χ0) is 8.97. The lowest BCUT2D eigenvalue weighted by atomic mass is 10.5. The highest BCUT2D eigenvalue weighted by Gasteiger charge is 2.10. The van der Waals surface area contributed by atoms with Gasteiger partial charge in [-0.2, -0.15) is 5.26 Å². The van der Waals surface area contributed by atoms with Crippen molar-refractivity contribution in [2.24, 2.45) is 0 Å². The van der Waals surface area contributed by atoms with E-state index in [9.17, 15) is 4.79 Å². The van der Waals surface area contributed by atoms with Crippen LogP contribution >= 0.6 is 15.9 Å². The first-order valence-electron chi connectivity index (χ1n) is 3.03. The normalized spacial score (nSPS) is 9.00. The first-order valence-corrected chi connectivity index (χ1v) is 3.82. The Hall–Kier alpha value is -1.28. The molecule has 0 aliphatic carbocycles. The Bertz CT molecular complexity index is 326. The summed E-state index contributed by atoms with van der Waals surface area (Å²) in [5, 5.41) is 8.10. The lowest BCUT2D eigenvalue weighted by Crippen LogP contribution is -2.03. The van der Waals surface area contributed by atoms with Crippen LogP contribution in [0.25, 0.3) is 0 Å². The number of hydrogen-bond acceptors (Lipinski definition) is 4. The Kier molecular flexibility index (Phi) is 2.88. The predicted octanol–water partition coefficient (Wildman–Crippen LogP) is 1.72. The van der Waals surface area contributed by atoms with Gasteiger partial charge in [-0.05, 0) is 28.1 Å². The van der Waals surface area contributed by atoms with Gasteiger partial charge in [-0.1, -0.05) is 0 Å². The number of nitrogens with zero attached hydrogens (tertiary/aromatic N) is 1. The number of nitriles is 1. The number of carbonyl (C=O) groups is 1. The van der Waals surface area contributed by atoms with Gasteiger partial charge in [0, 0.05) is 0 Å². The monoisotopic (exact) mass is 229 g/mol. The summed E-state index contributed by atoms with van der Waals surface area (Å²) in [7, 11) is 0. The van der Waals surface area contributed by atoms with Crippen LogP contribution in [0.15, 0.2) is 21.2 Å². The van der Waals surface area contributed by atoms with Gasteiger partial charge in [-0.15, -0.1) is 0 Å². The third kappa shape index (κ3) is 2.10. The predicted molar refractivity (Wildman–Crippen MR) is 42.3 cm³/mol. The van der Waals surface area contributed by atoms with E-state index in [-0.39, 0.29) is 12.4 Å². The summed E-state index contributed by atoms with van der Waals surface area (Å²) in [6.07, 6.45) is 0. The maximum Gasteiger partial charge on any atom is 0.375 e. The molecule has 0 unspecified atom stereocenters. The van der Waals surface area contributed by atoms with Gasteiger partial charge in [0.05, 0.1) is 0 Å². The highest BCUT2D eigenvalue weighted by Crippen LogP contribution is 2.14. The molecule has 0 aliphatic heterocycles. The molecule has 0 amide bonds. The molecule has 0 atom stereocenters. The van der Waals surface area contributed by atoms with Crippen LogP contribution in [0.2, 0.25) is 0 Å². The molecule has 1 heterocycles. The minimum atomic E-state index is -0.637. The minimum Gasteiger partial charge on any atom is -0.444 e. The molecule has 4 nitrogen and oxygen atoms in total. The van der Waals surface area contributed by atoms with Crippen LogP contribution in [-0.4, -0.2) is 12.6 Å². The second-order valence-corrected chi connectivity index (χ2v) is 2.62. The van der Waals surface area contributed by atoms with E-state index in [1.54, 1.807) is 12.1 Å². The van der Waals surface area contributed by atoms with Gasteiger partial charge in [0.2, 0.25) is 5.76 Å². The van der Waals surface area contributed by atoms with Crippen LogP contribution < -0.4 is 0 Å². The van der Waals surface area contributed by atoms with Gasteiger partial charge in [0.1, 0.15) is 6.07 Å². The average molecular weight is 230 g/mol. The van der Waals surface area contributed by atoms with E-state index in [2.05, 4.69) is 20.7 Å². The molecule has 0 fully saturated rings. The Morgan fingerprint density at radius 1 is 1.75 bits per heavy atom. The first-order chi connectivity index (χ1) is 5.74. The maximum absolute atomic E-state index is 10.9. The number of ether oxygens (including phenoxy) is 1.